The first-order valence-corrected chi connectivity index (χ1v) is 5.13. The third kappa shape index (κ3) is 1.60. The highest BCUT2D eigenvalue weighted by Gasteiger charge is 2.25. The van der Waals surface area contributed by atoms with Crippen molar-refractivity contribution >= 4 is 5.97 Å². The van der Waals surface area contributed by atoms with Crippen molar-refractivity contribution < 1.29 is 19.0 Å². The lowest BCUT2D eigenvalue weighted by Gasteiger charge is -2.23. The van der Waals surface area contributed by atoms with Crippen molar-refractivity contribution in [2.75, 3.05) is 20.3 Å². The number of fused-ring (bicyclic) bond motifs is 1. The predicted molar refractivity (Wildman–Crippen MR) is 58.2 cm³/mol. The Kier molecular flexibility index (Phi) is 2.73. The van der Waals surface area contributed by atoms with Crippen LogP contribution >= 0.6 is 0 Å². The SMILES string of the molecule is COC(=O)c1c(C)cc(C)c2c1OCCO2. The van der Waals surface area contributed by atoms with E-state index in [1.165, 1.54) is 7.11 Å². The molecule has 0 unspecified atom stereocenters. The second-order valence-corrected chi connectivity index (χ2v) is 3.73. The number of esters is 1. The number of carbonyl (C=O) groups is 1. The normalized spacial score (nSPS) is 13.4. The van der Waals surface area contributed by atoms with E-state index in [4.69, 9.17) is 14.2 Å². The van der Waals surface area contributed by atoms with E-state index >= 15 is 0 Å². The molecule has 4 nitrogen and oxygen atoms in total. The summed E-state index contributed by atoms with van der Waals surface area (Å²) in [5.74, 6) is 0.770. The highest BCUT2D eigenvalue weighted by atomic mass is 16.6. The van der Waals surface area contributed by atoms with E-state index in [2.05, 4.69) is 0 Å². The van der Waals surface area contributed by atoms with Crippen LogP contribution in [0.3, 0.4) is 0 Å². The highest BCUT2D eigenvalue weighted by molar-refractivity contribution is 5.95. The average molecular weight is 222 g/mol. The van der Waals surface area contributed by atoms with Crippen LogP contribution < -0.4 is 9.47 Å². The van der Waals surface area contributed by atoms with E-state index in [-0.39, 0.29) is 5.97 Å². The van der Waals surface area contributed by atoms with Crippen molar-refractivity contribution in [3.63, 3.8) is 0 Å². The van der Waals surface area contributed by atoms with Crippen molar-refractivity contribution in [2.24, 2.45) is 0 Å². The van der Waals surface area contributed by atoms with Crippen LogP contribution in [0.4, 0.5) is 0 Å². The van der Waals surface area contributed by atoms with Crippen molar-refractivity contribution in [1.29, 1.82) is 0 Å². The summed E-state index contributed by atoms with van der Waals surface area (Å²) in [5, 5.41) is 0. The Bertz CT molecular complexity index is 437. The lowest BCUT2D eigenvalue weighted by molar-refractivity contribution is 0.0589. The van der Waals surface area contributed by atoms with Gasteiger partial charge < -0.3 is 14.2 Å². The molecule has 0 aromatic heterocycles. The summed E-state index contributed by atoms with van der Waals surface area (Å²) in [6.45, 7) is 4.76. The van der Waals surface area contributed by atoms with E-state index in [1.54, 1.807) is 0 Å². The molecule has 0 fully saturated rings. The first kappa shape index (κ1) is 10.8. The Morgan fingerprint density at radius 1 is 1.19 bits per heavy atom. The molecule has 1 aromatic rings. The maximum absolute atomic E-state index is 11.7. The van der Waals surface area contributed by atoms with Gasteiger partial charge in [0.1, 0.15) is 18.8 Å². The molecular weight excluding hydrogens is 208 g/mol. The number of hydrogen-bond donors (Lipinski definition) is 0. The molecule has 1 aromatic carbocycles. The molecule has 1 heterocycles. The van der Waals surface area contributed by atoms with Gasteiger partial charge in [0, 0.05) is 0 Å². The van der Waals surface area contributed by atoms with Crippen LogP contribution in [-0.4, -0.2) is 26.3 Å². The summed E-state index contributed by atoms with van der Waals surface area (Å²) < 4.78 is 15.8. The van der Waals surface area contributed by atoms with Gasteiger partial charge in [0.05, 0.1) is 7.11 Å². The molecule has 0 N–H and O–H groups in total. The van der Waals surface area contributed by atoms with Crippen LogP contribution in [0.5, 0.6) is 11.5 Å². The molecule has 0 atom stereocenters. The zero-order valence-electron chi connectivity index (χ0n) is 9.62. The first-order chi connectivity index (χ1) is 7.65. The highest BCUT2D eigenvalue weighted by Crippen LogP contribution is 2.39. The summed E-state index contributed by atoms with van der Waals surface area (Å²) >= 11 is 0. The average Bonchev–Trinajstić information content (AvgIpc) is 2.28. The van der Waals surface area contributed by atoms with Gasteiger partial charge >= 0.3 is 5.97 Å². The molecule has 4 heteroatoms. The minimum atomic E-state index is -0.390. The standard InChI is InChI=1S/C12H14O4/c1-7-6-8(2)10-11(16-5-4-15-10)9(7)12(13)14-3/h6H,4-5H2,1-3H3. The van der Waals surface area contributed by atoms with Gasteiger partial charge in [-0.25, -0.2) is 4.79 Å². The molecule has 0 spiro atoms. The first-order valence-electron chi connectivity index (χ1n) is 5.13. The van der Waals surface area contributed by atoms with Crippen LogP contribution in [-0.2, 0) is 4.74 Å². The lowest BCUT2D eigenvalue weighted by atomic mass is 10.0. The van der Waals surface area contributed by atoms with E-state index < -0.39 is 0 Å². The third-order valence-corrected chi connectivity index (χ3v) is 2.58. The van der Waals surface area contributed by atoms with Gasteiger partial charge in [-0.05, 0) is 25.0 Å². The van der Waals surface area contributed by atoms with Crippen molar-refractivity contribution in [2.45, 2.75) is 13.8 Å². The summed E-state index contributed by atoms with van der Waals surface area (Å²) in [7, 11) is 1.36. The third-order valence-electron chi connectivity index (χ3n) is 2.58. The molecular formula is C12H14O4. The minimum absolute atomic E-state index is 0.390. The molecule has 1 aliphatic heterocycles. The number of rotatable bonds is 1. The van der Waals surface area contributed by atoms with Gasteiger partial charge in [0.25, 0.3) is 0 Å². The Hall–Kier alpha value is -1.71. The number of benzene rings is 1. The van der Waals surface area contributed by atoms with E-state index in [0.29, 0.717) is 30.3 Å². The monoisotopic (exact) mass is 222 g/mol. The fourth-order valence-electron chi connectivity index (χ4n) is 1.89. The van der Waals surface area contributed by atoms with Gasteiger partial charge in [0.2, 0.25) is 0 Å². The molecule has 16 heavy (non-hydrogen) atoms. The molecule has 0 amide bonds. The molecule has 0 bridgehead atoms. The number of carbonyl (C=O) groups excluding carboxylic acids is 1. The van der Waals surface area contributed by atoms with Crippen molar-refractivity contribution in [3.8, 4) is 11.5 Å². The van der Waals surface area contributed by atoms with Gasteiger partial charge in [-0.2, -0.15) is 0 Å². The number of hydrogen-bond acceptors (Lipinski definition) is 4. The Labute approximate surface area is 94.1 Å². The summed E-state index contributed by atoms with van der Waals surface area (Å²) in [5.41, 5.74) is 2.27. The molecule has 86 valence electrons. The smallest absolute Gasteiger partial charge is 0.342 e. The van der Waals surface area contributed by atoms with Gasteiger partial charge in [0.15, 0.2) is 11.5 Å². The van der Waals surface area contributed by atoms with Crippen LogP contribution in [0.15, 0.2) is 6.07 Å². The number of methoxy groups -OCH3 is 1. The molecule has 0 aliphatic carbocycles. The van der Waals surface area contributed by atoms with E-state index in [1.807, 2.05) is 19.9 Å². The van der Waals surface area contributed by atoms with Crippen LogP contribution in [0, 0.1) is 13.8 Å². The maximum Gasteiger partial charge on any atom is 0.342 e. The second-order valence-electron chi connectivity index (χ2n) is 3.73. The van der Waals surface area contributed by atoms with Crippen molar-refractivity contribution in [1.82, 2.24) is 0 Å². The maximum atomic E-state index is 11.7. The second kappa shape index (κ2) is 4.04. The van der Waals surface area contributed by atoms with Crippen LogP contribution in [0.1, 0.15) is 21.5 Å². The van der Waals surface area contributed by atoms with Crippen LogP contribution in [0.25, 0.3) is 0 Å². The van der Waals surface area contributed by atoms with Crippen molar-refractivity contribution in [3.05, 3.63) is 22.8 Å². The number of aryl methyl sites for hydroxylation is 2. The topological polar surface area (TPSA) is 44.8 Å². The van der Waals surface area contributed by atoms with Gasteiger partial charge in [-0.1, -0.05) is 6.07 Å². The molecule has 0 radical (unpaired) electrons. The fourth-order valence-corrected chi connectivity index (χ4v) is 1.89. The molecule has 0 saturated carbocycles. The molecule has 1 aliphatic rings. The molecule has 2 rings (SSSR count). The van der Waals surface area contributed by atoms with Gasteiger partial charge in [-0.15, -0.1) is 0 Å². The summed E-state index contributed by atoms with van der Waals surface area (Å²) in [4.78, 5) is 11.7. The minimum Gasteiger partial charge on any atom is -0.486 e. The van der Waals surface area contributed by atoms with E-state index in [9.17, 15) is 4.79 Å². The van der Waals surface area contributed by atoms with Crippen LogP contribution in [0.2, 0.25) is 0 Å². The number of ether oxygens (including phenoxy) is 3. The molecule has 0 saturated heterocycles. The zero-order valence-corrected chi connectivity index (χ0v) is 9.62. The summed E-state index contributed by atoms with van der Waals surface area (Å²) in [6, 6.07) is 1.90. The Morgan fingerprint density at radius 2 is 1.81 bits per heavy atom. The summed E-state index contributed by atoms with van der Waals surface area (Å²) in [6.07, 6.45) is 0. The lowest BCUT2D eigenvalue weighted by Crippen LogP contribution is -2.19. The van der Waals surface area contributed by atoms with Gasteiger partial charge in [-0.3, -0.25) is 0 Å². The fraction of sp³-hybridized carbons (Fsp3) is 0.417. The Morgan fingerprint density at radius 3 is 2.44 bits per heavy atom. The Balaban J connectivity index is 2.63. The zero-order chi connectivity index (χ0) is 11.7. The largest absolute Gasteiger partial charge is 0.486 e. The van der Waals surface area contributed by atoms with E-state index in [0.717, 1.165) is 11.1 Å². The quantitative estimate of drug-likeness (QED) is 0.680. The predicted octanol–water partition coefficient (Wildman–Crippen LogP) is 1.86.